The van der Waals surface area contributed by atoms with Crippen molar-refractivity contribution in [3.63, 3.8) is 0 Å². The second kappa shape index (κ2) is 7.45. The molecule has 1 amide bonds. The minimum atomic E-state index is -3.55. The topological polar surface area (TPSA) is 116 Å². The number of carbonyl (C=O) groups excluding carboxylic acids is 1. The monoisotopic (exact) mass is 379 g/mol. The van der Waals surface area contributed by atoms with E-state index in [2.05, 4.69) is 9.71 Å². The summed E-state index contributed by atoms with van der Waals surface area (Å²) >= 11 is 0. The second-order valence-corrected chi connectivity index (χ2v) is 8.10. The first kappa shape index (κ1) is 18.4. The van der Waals surface area contributed by atoms with Crippen molar-refractivity contribution in [2.24, 2.45) is 10.9 Å². The maximum atomic E-state index is 12.2. The first-order valence-corrected chi connectivity index (χ1v) is 10.0. The van der Waals surface area contributed by atoms with E-state index in [0.717, 1.165) is 0 Å². The number of rotatable bonds is 5. The van der Waals surface area contributed by atoms with Gasteiger partial charge in [0.15, 0.2) is 0 Å². The molecule has 1 atom stereocenters. The van der Waals surface area contributed by atoms with Gasteiger partial charge in [0.25, 0.3) is 10.0 Å². The molecule has 2 aliphatic rings. The van der Waals surface area contributed by atoms with Crippen LogP contribution in [0, 0.1) is 5.92 Å². The van der Waals surface area contributed by atoms with Crippen LogP contribution in [0.1, 0.15) is 31.2 Å². The smallest absolute Gasteiger partial charge is 0.308 e. The van der Waals surface area contributed by atoms with Gasteiger partial charge in [-0.1, -0.05) is 12.1 Å². The minimum Gasteiger partial charge on any atom is -0.481 e. The van der Waals surface area contributed by atoms with Crippen molar-refractivity contribution >= 4 is 27.7 Å². The number of sulfonamides is 1. The third-order valence-corrected chi connectivity index (χ3v) is 6.00. The highest BCUT2D eigenvalue weighted by Gasteiger charge is 2.30. The third-order valence-electron chi connectivity index (χ3n) is 4.60. The van der Waals surface area contributed by atoms with Gasteiger partial charge in [-0.3, -0.25) is 19.3 Å². The fourth-order valence-electron chi connectivity index (χ4n) is 3.24. The fraction of sp³-hybridized carbons (Fsp3) is 0.471. The molecule has 2 N–H and O–H groups in total. The van der Waals surface area contributed by atoms with Crippen molar-refractivity contribution in [2.75, 3.05) is 19.6 Å². The number of likely N-dealkylation sites (tertiary alicyclic amines) is 1. The fourth-order valence-corrected chi connectivity index (χ4v) is 4.49. The van der Waals surface area contributed by atoms with Gasteiger partial charge in [-0.2, -0.15) is 0 Å². The van der Waals surface area contributed by atoms with Crippen LogP contribution in [0.5, 0.6) is 0 Å². The van der Waals surface area contributed by atoms with Crippen LogP contribution >= 0.6 is 0 Å². The molecule has 2 aliphatic heterocycles. The zero-order valence-corrected chi connectivity index (χ0v) is 15.0. The summed E-state index contributed by atoms with van der Waals surface area (Å²) in [4.78, 5) is 29.4. The number of hydrogen-bond acceptors (Lipinski definition) is 5. The van der Waals surface area contributed by atoms with Gasteiger partial charge < -0.3 is 10.0 Å². The standard InChI is InChI=1S/C17H21N3O5S/c21-15(20-10-4-5-12(11-20)17(22)23)8-3-9-18-16-13-6-1-2-7-14(13)26(24,25)19-16/h1-2,6-7,12H,3-5,8-11H2,(H,18,19)(H,22,23). The van der Waals surface area contributed by atoms with Crippen molar-refractivity contribution < 1.29 is 23.1 Å². The molecule has 3 rings (SSSR count). The summed E-state index contributed by atoms with van der Waals surface area (Å²) in [6.45, 7) is 1.16. The van der Waals surface area contributed by atoms with Gasteiger partial charge in [-0.05, 0) is 31.4 Å². The van der Waals surface area contributed by atoms with Crippen LogP contribution in [-0.2, 0) is 19.6 Å². The van der Waals surface area contributed by atoms with E-state index in [4.69, 9.17) is 5.11 Å². The van der Waals surface area contributed by atoms with E-state index in [9.17, 15) is 18.0 Å². The van der Waals surface area contributed by atoms with E-state index in [-0.39, 0.29) is 23.8 Å². The highest BCUT2D eigenvalue weighted by Crippen LogP contribution is 2.22. The molecule has 2 heterocycles. The van der Waals surface area contributed by atoms with Crippen molar-refractivity contribution in [1.82, 2.24) is 9.62 Å². The summed E-state index contributed by atoms with van der Waals surface area (Å²) < 4.78 is 26.4. The molecule has 26 heavy (non-hydrogen) atoms. The van der Waals surface area contributed by atoms with Crippen LogP contribution in [0.2, 0.25) is 0 Å². The van der Waals surface area contributed by atoms with E-state index in [1.165, 1.54) is 6.07 Å². The zero-order chi connectivity index (χ0) is 18.7. The Labute approximate surface area is 152 Å². The lowest BCUT2D eigenvalue weighted by Gasteiger charge is -2.30. The van der Waals surface area contributed by atoms with Crippen LogP contribution in [0.3, 0.4) is 0 Å². The number of benzene rings is 1. The number of hydrogen-bond donors (Lipinski definition) is 2. The second-order valence-electron chi connectivity index (χ2n) is 6.45. The first-order valence-electron chi connectivity index (χ1n) is 8.56. The third kappa shape index (κ3) is 3.87. The molecule has 0 radical (unpaired) electrons. The number of nitrogens with zero attached hydrogens (tertiary/aromatic N) is 2. The molecule has 1 aromatic carbocycles. The molecule has 0 saturated carbocycles. The van der Waals surface area contributed by atoms with Crippen LogP contribution in [-0.4, -0.2) is 55.8 Å². The van der Waals surface area contributed by atoms with Gasteiger partial charge in [0.2, 0.25) is 5.91 Å². The number of nitrogens with one attached hydrogen (secondary N) is 1. The molecule has 9 heteroatoms. The van der Waals surface area contributed by atoms with Crippen LogP contribution in [0.25, 0.3) is 0 Å². The van der Waals surface area contributed by atoms with Gasteiger partial charge in [0, 0.05) is 31.6 Å². The highest BCUT2D eigenvalue weighted by atomic mass is 32.2. The van der Waals surface area contributed by atoms with Gasteiger partial charge in [-0.15, -0.1) is 0 Å². The van der Waals surface area contributed by atoms with Crippen molar-refractivity contribution in [3.05, 3.63) is 29.8 Å². The number of amidine groups is 1. The molecular formula is C17H21N3O5S. The van der Waals surface area contributed by atoms with Gasteiger partial charge in [-0.25, -0.2) is 8.42 Å². The summed E-state index contributed by atoms with van der Waals surface area (Å²) in [6.07, 6.45) is 2.04. The molecular weight excluding hydrogens is 358 g/mol. The molecule has 1 fully saturated rings. The van der Waals surface area contributed by atoms with Crippen LogP contribution in [0.4, 0.5) is 0 Å². The molecule has 140 valence electrons. The normalized spacial score (nSPS) is 22.7. The Morgan fingerprint density at radius 1 is 1.31 bits per heavy atom. The molecule has 1 saturated heterocycles. The average molecular weight is 379 g/mol. The average Bonchev–Trinajstić information content (AvgIpc) is 2.89. The largest absolute Gasteiger partial charge is 0.481 e. The number of carboxylic acid groups (broad SMARTS) is 1. The predicted molar refractivity (Wildman–Crippen MR) is 94.3 cm³/mol. The van der Waals surface area contributed by atoms with Crippen molar-refractivity contribution in [3.8, 4) is 0 Å². The molecule has 0 bridgehead atoms. The van der Waals surface area contributed by atoms with Gasteiger partial charge in [0.1, 0.15) is 5.84 Å². The van der Waals surface area contributed by atoms with E-state index < -0.39 is 21.9 Å². The molecule has 0 spiro atoms. The Morgan fingerprint density at radius 3 is 2.85 bits per heavy atom. The van der Waals surface area contributed by atoms with E-state index in [1.54, 1.807) is 23.1 Å². The lowest BCUT2D eigenvalue weighted by molar-refractivity contribution is -0.145. The van der Waals surface area contributed by atoms with E-state index >= 15 is 0 Å². The molecule has 0 aromatic heterocycles. The molecule has 8 nitrogen and oxygen atoms in total. The summed E-state index contributed by atoms with van der Waals surface area (Å²) in [7, 11) is -3.55. The quantitative estimate of drug-likeness (QED) is 0.735. The maximum absolute atomic E-state index is 12.2. The van der Waals surface area contributed by atoms with E-state index in [0.29, 0.717) is 43.8 Å². The number of carbonyl (C=O) groups is 2. The first-order chi connectivity index (χ1) is 12.4. The summed E-state index contributed by atoms with van der Waals surface area (Å²) in [5.41, 5.74) is 0.541. The predicted octanol–water partition coefficient (Wildman–Crippen LogP) is 0.828. The minimum absolute atomic E-state index is 0.0800. The maximum Gasteiger partial charge on any atom is 0.308 e. The van der Waals surface area contributed by atoms with Crippen LogP contribution < -0.4 is 4.72 Å². The lowest BCUT2D eigenvalue weighted by Crippen LogP contribution is -2.42. The number of carboxylic acids is 1. The number of fused-ring (bicyclic) bond motifs is 1. The van der Waals surface area contributed by atoms with Crippen molar-refractivity contribution in [1.29, 1.82) is 0 Å². The number of amides is 1. The Bertz CT molecular complexity index is 850. The van der Waals surface area contributed by atoms with Gasteiger partial charge in [0.05, 0.1) is 10.8 Å². The number of aliphatic carboxylic acids is 1. The molecule has 1 aromatic rings. The SMILES string of the molecule is O=C(O)C1CCCN(C(=O)CCCN=C2NS(=O)(=O)c3ccccc32)C1. The Hall–Kier alpha value is -2.42. The highest BCUT2D eigenvalue weighted by molar-refractivity contribution is 7.90. The Kier molecular flexibility index (Phi) is 5.26. The number of piperidine rings is 1. The molecule has 0 aliphatic carbocycles. The summed E-state index contributed by atoms with van der Waals surface area (Å²) in [6, 6.07) is 6.62. The summed E-state index contributed by atoms with van der Waals surface area (Å²) in [5.74, 6) is -1.13. The van der Waals surface area contributed by atoms with Gasteiger partial charge >= 0.3 is 5.97 Å². The lowest BCUT2D eigenvalue weighted by atomic mass is 9.98. The van der Waals surface area contributed by atoms with Crippen molar-refractivity contribution in [2.45, 2.75) is 30.6 Å². The summed E-state index contributed by atoms with van der Waals surface area (Å²) in [5, 5.41) is 9.08. The Balaban J connectivity index is 1.54. The zero-order valence-electron chi connectivity index (χ0n) is 14.2. The van der Waals surface area contributed by atoms with E-state index in [1.807, 2.05) is 0 Å². The van der Waals surface area contributed by atoms with Crippen LogP contribution in [0.15, 0.2) is 34.2 Å². The Morgan fingerprint density at radius 2 is 2.08 bits per heavy atom. The number of aliphatic imine (C=N–C) groups is 1. The molecule has 1 unspecified atom stereocenters.